The quantitative estimate of drug-likeness (QED) is 0.840. The van der Waals surface area contributed by atoms with Crippen LogP contribution >= 0.6 is 27.3 Å². The zero-order chi connectivity index (χ0) is 12.3. The molecule has 0 aliphatic heterocycles. The van der Waals surface area contributed by atoms with Gasteiger partial charge in [0.2, 0.25) is 0 Å². The van der Waals surface area contributed by atoms with Crippen molar-refractivity contribution in [1.82, 2.24) is 5.32 Å². The van der Waals surface area contributed by atoms with Gasteiger partial charge in [-0.15, -0.1) is 11.3 Å². The van der Waals surface area contributed by atoms with Crippen LogP contribution in [0.4, 0.5) is 0 Å². The third-order valence-electron chi connectivity index (χ3n) is 3.96. The third kappa shape index (κ3) is 3.80. The van der Waals surface area contributed by atoms with E-state index in [1.807, 2.05) is 11.3 Å². The van der Waals surface area contributed by atoms with Crippen LogP contribution in [0.5, 0.6) is 0 Å². The van der Waals surface area contributed by atoms with Crippen LogP contribution in [0.25, 0.3) is 0 Å². The summed E-state index contributed by atoms with van der Waals surface area (Å²) in [5.41, 5.74) is 0. The Kier molecular flexibility index (Phi) is 5.07. The molecule has 0 unspecified atom stereocenters. The van der Waals surface area contributed by atoms with Crippen LogP contribution < -0.4 is 5.32 Å². The van der Waals surface area contributed by atoms with E-state index in [1.165, 1.54) is 35.0 Å². The second-order valence-corrected chi connectivity index (χ2v) is 7.28. The first-order valence-electron chi connectivity index (χ1n) is 6.62. The average Bonchev–Trinajstić information content (AvgIpc) is 2.73. The van der Waals surface area contributed by atoms with Crippen LogP contribution in [0.1, 0.15) is 44.4 Å². The molecular formula is C14H22BrNS. The van der Waals surface area contributed by atoms with Crippen molar-refractivity contribution in [3.05, 3.63) is 20.8 Å². The standard InChI is InChI=1S/C14H22BrNS/c1-10(2)11-3-5-12(6-4-11)16-9-14-13(15)7-8-17-14/h7-8,10-12,16H,3-6,9H2,1-2H3. The monoisotopic (exact) mass is 315 g/mol. The molecule has 0 saturated heterocycles. The Hall–Kier alpha value is 0.140. The molecule has 0 bridgehead atoms. The number of thiophene rings is 1. The third-order valence-corrected chi connectivity index (χ3v) is 5.88. The normalized spacial score (nSPS) is 25.4. The topological polar surface area (TPSA) is 12.0 Å². The molecule has 1 aliphatic carbocycles. The molecule has 3 heteroatoms. The van der Waals surface area contributed by atoms with Gasteiger partial charge in [0, 0.05) is 21.9 Å². The first-order chi connectivity index (χ1) is 8.16. The van der Waals surface area contributed by atoms with E-state index in [-0.39, 0.29) is 0 Å². The summed E-state index contributed by atoms with van der Waals surface area (Å²) in [7, 11) is 0. The van der Waals surface area contributed by atoms with Crippen LogP contribution in [0.2, 0.25) is 0 Å². The fourth-order valence-corrected chi connectivity index (χ4v) is 4.12. The molecule has 1 aromatic heterocycles. The van der Waals surface area contributed by atoms with Gasteiger partial charge in [0.25, 0.3) is 0 Å². The van der Waals surface area contributed by atoms with Gasteiger partial charge in [-0.2, -0.15) is 0 Å². The van der Waals surface area contributed by atoms with E-state index in [0.717, 1.165) is 24.4 Å². The van der Waals surface area contributed by atoms with Crippen molar-refractivity contribution in [2.24, 2.45) is 11.8 Å². The maximum Gasteiger partial charge on any atom is 0.0327 e. The van der Waals surface area contributed by atoms with Crippen molar-refractivity contribution in [2.45, 2.75) is 52.1 Å². The maximum atomic E-state index is 3.70. The van der Waals surface area contributed by atoms with E-state index in [1.54, 1.807) is 0 Å². The Morgan fingerprint density at radius 2 is 2.06 bits per heavy atom. The summed E-state index contributed by atoms with van der Waals surface area (Å²) in [6.45, 7) is 5.75. The molecule has 1 N–H and O–H groups in total. The van der Waals surface area contributed by atoms with Gasteiger partial charge in [-0.05, 0) is 64.9 Å². The SMILES string of the molecule is CC(C)C1CCC(NCc2sccc2Br)CC1. The lowest BCUT2D eigenvalue weighted by Gasteiger charge is -2.31. The highest BCUT2D eigenvalue weighted by Gasteiger charge is 2.22. The van der Waals surface area contributed by atoms with Gasteiger partial charge in [-0.3, -0.25) is 0 Å². The maximum absolute atomic E-state index is 3.70. The molecule has 0 aromatic carbocycles. The summed E-state index contributed by atoms with van der Waals surface area (Å²) in [5, 5.41) is 5.85. The Labute approximate surface area is 117 Å². The lowest BCUT2D eigenvalue weighted by Crippen LogP contribution is -2.33. The van der Waals surface area contributed by atoms with Gasteiger partial charge in [-0.25, -0.2) is 0 Å². The van der Waals surface area contributed by atoms with Gasteiger partial charge < -0.3 is 5.32 Å². The van der Waals surface area contributed by atoms with E-state index < -0.39 is 0 Å². The minimum atomic E-state index is 0.735. The lowest BCUT2D eigenvalue weighted by molar-refractivity contribution is 0.238. The molecule has 0 radical (unpaired) electrons. The number of rotatable bonds is 4. The highest BCUT2D eigenvalue weighted by Crippen LogP contribution is 2.30. The molecular weight excluding hydrogens is 294 g/mol. The van der Waals surface area contributed by atoms with E-state index in [9.17, 15) is 0 Å². The molecule has 2 rings (SSSR count). The first kappa shape index (κ1) is 13.6. The largest absolute Gasteiger partial charge is 0.309 e. The average molecular weight is 316 g/mol. The summed E-state index contributed by atoms with van der Waals surface area (Å²) >= 11 is 5.42. The van der Waals surface area contributed by atoms with Gasteiger partial charge in [0.05, 0.1) is 0 Å². The summed E-state index contributed by atoms with van der Waals surface area (Å²) < 4.78 is 1.26. The van der Waals surface area contributed by atoms with Crippen molar-refractivity contribution < 1.29 is 0 Å². The molecule has 1 saturated carbocycles. The fourth-order valence-electron chi connectivity index (χ4n) is 2.68. The molecule has 1 heterocycles. The second kappa shape index (κ2) is 6.35. The van der Waals surface area contributed by atoms with Gasteiger partial charge in [-0.1, -0.05) is 13.8 Å². The van der Waals surface area contributed by atoms with Crippen molar-refractivity contribution in [3.63, 3.8) is 0 Å². The summed E-state index contributed by atoms with van der Waals surface area (Å²) in [5.74, 6) is 1.82. The Morgan fingerprint density at radius 1 is 1.35 bits per heavy atom. The van der Waals surface area contributed by atoms with Crippen molar-refractivity contribution in [3.8, 4) is 0 Å². The minimum absolute atomic E-state index is 0.735. The molecule has 1 aromatic rings. The van der Waals surface area contributed by atoms with Crippen LogP contribution in [-0.4, -0.2) is 6.04 Å². The molecule has 96 valence electrons. The van der Waals surface area contributed by atoms with Gasteiger partial charge in [0.15, 0.2) is 0 Å². The molecule has 0 amide bonds. The summed E-state index contributed by atoms with van der Waals surface area (Å²) in [6, 6.07) is 2.87. The Bertz CT molecular complexity index is 340. The lowest BCUT2D eigenvalue weighted by atomic mass is 9.80. The Morgan fingerprint density at radius 3 is 2.59 bits per heavy atom. The summed E-state index contributed by atoms with van der Waals surface area (Å²) in [6.07, 6.45) is 5.51. The van der Waals surface area contributed by atoms with Crippen molar-refractivity contribution in [1.29, 1.82) is 0 Å². The molecule has 0 spiro atoms. The number of nitrogens with one attached hydrogen (secondary N) is 1. The first-order valence-corrected chi connectivity index (χ1v) is 8.29. The van der Waals surface area contributed by atoms with Gasteiger partial charge >= 0.3 is 0 Å². The summed E-state index contributed by atoms with van der Waals surface area (Å²) in [4.78, 5) is 1.43. The molecule has 1 fully saturated rings. The highest BCUT2D eigenvalue weighted by molar-refractivity contribution is 9.10. The van der Waals surface area contributed by atoms with Crippen LogP contribution in [0.15, 0.2) is 15.9 Å². The van der Waals surface area contributed by atoms with E-state index >= 15 is 0 Å². The number of hydrogen-bond donors (Lipinski definition) is 1. The van der Waals surface area contributed by atoms with Crippen LogP contribution in [0, 0.1) is 11.8 Å². The van der Waals surface area contributed by atoms with Crippen molar-refractivity contribution >= 4 is 27.3 Å². The smallest absolute Gasteiger partial charge is 0.0327 e. The van der Waals surface area contributed by atoms with E-state index in [0.29, 0.717) is 0 Å². The number of halogens is 1. The zero-order valence-electron chi connectivity index (χ0n) is 10.7. The van der Waals surface area contributed by atoms with Crippen molar-refractivity contribution in [2.75, 3.05) is 0 Å². The molecule has 0 atom stereocenters. The van der Waals surface area contributed by atoms with Crippen LogP contribution in [-0.2, 0) is 6.54 Å². The highest BCUT2D eigenvalue weighted by atomic mass is 79.9. The van der Waals surface area contributed by atoms with Crippen LogP contribution in [0.3, 0.4) is 0 Å². The fraction of sp³-hybridized carbons (Fsp3) is 0.714. The Balaban J connectivity index is 1.74. The van der Waals surface area contributed by atoms with E-state index in [4.69, 9.17) is 0 Å². The second-order valence-electron chi connectivity index (χ2n) is 5.43. The van der Waals surface area contributed by atoms with Gasteiger partial charge in [0.1, 0.15) is 0 Å². The molecule has 1 nitrogen and oxygen atoms in total. The minimum Gasteiger partial charge on any atom is -0.309 e. The molecule has 17 heavy (non-hydrogen) atoms. The van der Waals surface area contributed by atoms with E-state index in [2.05, 4.69) is 46.5 Å². The molecule has 1 aliphatic rings. The predicted molar refractivity (Wildman–Crippen MR) is 79.4 cm³/mol. The number of hydrogen-bond acceptors (Lipinski definition) is 2. The zero-order valence-corrected chi connectivity index (χ0v) is 13.1. The predicted octanol–water partition coefficient (Wildman–Crippen LogP) is 4.82.